The number of nitrogens with two attached hydrogens (primary N) is 1. The van der Waals surface area contributed by atoms with Crippen LogP contribution in [-0.2, 0) is 7.05 Å². The molecule has 0 aliphatic heterocycles. The Morgan fingerprint density at radius 3 is 2.55 bits per heavy atom. The molecule has 112 valence electrons. The fraction of sp³-hybridized carbons (Fsp3) is 0.769. The zero-order valence-electron chi connectivity index (χ0n) is 12.4. The van der Waals surface area contributed by atoms with E-state index in [1.165, 1.54) is 0 Å². The second kappa shape index (κ2) is 5.78. The molecule has 0 radical (unpaired) electrons. The predicted molar refractivity (Wildman–Crippen MR) is 77.9 cm³/mol. The molecule has 0 saturated heterocycles. The lowest BCUT2D eigenvalue weighted by Gasteiger charge is -2.36. The highest BCUT2D eigenvalue weighted by atomic mass is 16.6. The number of rotatable bonds is 4. The van der Waals surface area contributed by atoms with Gasteiger partial charge in [-0.3, -0.25) is 10.1 Å². The molecule has 2 rings (SSSR count). The van der Waals surface area contributed by atoms with E-state index >= 15 is 0 Å². The van der Waals surface area contributed by atoms with Gasteiger partial charge in [0.2, 0.25) is 5.82 Å². The monoisotopic (exact) mass is 281 g/mol. The first-order valence-corrected chi connectivity index (χ1v) is 7.15. The molecule has 1 heterocycles. The Labute approximate surface area is 118 Å². The first-order valence-electron chi connectivity index (χ1n) is 7.15. The van der Waals surface area contributed by atoms with Gasteiger partial charge in [-0.2, -0.15) is 5.10 Å². The van der Waals surface area contributed by atoms with E-state index in [0.29, 0.717) is 17.6 Å². The molecular formula is C13H23N5O2. The minimum Gasteiger partial charge on any atom is -0.348 e. The average molecular weight is 281 g/mol. The SMILES string of the molecule is CCN(c1c([N+](=O)[O-])c(C)nn1C)C1CCC(N)CC1. The second-order valence-electron chi connectivity index (χ2n) is 5.49. The minimum absolute atomic E-state index is 0.129. The molecule has 0 unspecified atom stereocenters. The summed E-state index contributed by atoms with van der Waals surface area (Å²) >= 11 is 0. The van der Waals surface area contributed by atoms with Crippen molar-refractivity contribution in [2.45, 2.75) is 51.6 Å². The molecule has 0 aromatic carbocycles. The molecule has 1 aromatic heterocycles. The van der Waals surface area contributed by atoms with Crippen LogP contribution in [0.2, 0.25) is 0 Å². The Balaban J connectivity index is 2.34. The molecule has 1 aliphatic rings. The van der Waals surface area contributed by atoms with Crippen LogP contribution < -0.4 is 10.6 Å². The Hall–Kier alpha value is -1.63. The third-order valence-corrected chi connectivity index (χ3v) is 4.14. The molecule has 0 bridgehead atoms. The topological polar surface area (TPSA) is 90.2 Å². The van der Waals surface area contributed by atoms with Gasteiger partial charge in [-0.05, 0) is 39.5 Å². The first-order chi connectivity index (χ1) is 9.45. The molecule has 1 aliphatic carbocycles. The van der Waals surface area contributed by atoms with Crippen LogP contribution in [0.1, 0.15) is 38.3 Å². The fourth-order valence-corrected chi connectivity index (χ4v) is 3.16. The molecule has 0 amide bonds. The second-order valence-corrected chi connectivity index (χ2v) is 5.49. The standard InChI is InChI=1S/C13H23N5O2/c1-4-17(11-7-5-10(14)6-8-11)13-12(18(19)20)9(2)15-16(13)3/h10-11H,4-8,14H2,1-3H3. The highest BCUT2D eigenvalue weighted by molar-refractivity contribution is 5.61. The summed E-state index contributed by atoms with van der Waals surface area (Å²) in [7, 11) is 1.77. The third kappa shape index (κ3) is 2.63. The van der Waals surface area contributed by atoms with E-state index in [0.717, 1.165) is 32.2 Å². The average Bonchev–Trinajstić information content (AvgIpc) is 2.68. The highest BCUT2D eigenvalue weighted by Crippen LogP contribution is 2.35. The molecule has 1 fully saturated rings. The van der Waals surface area contributed by atoms with Crippen molar-refractivity contribution in [3.8, 4) is 0 Å². The lowest BCUT2D eigenvalue weighted by Crippen LogP contribution is -2.42. The van der Waals surface area contributed by atoms with Crippen LogP contribution in [0.15, 0.2) is 0 Å². The summed E-state index contributed by atoms with van der Waals surface area (Å²) < 4.78 is 1.63. The largest absolute Gasteiger partial charge is 0.348 e. The highest BCUT2D eigenvalue weighted by Gasteiger charge is 2.32. The van der Waals surface area contributed by atoms with E-state index in [1.54, 1.807) is 18.7 Å². The molecular weight excluding hydrogens is 258 g/mol. The maximum Gasteiger partial charge on any atom is 0.333 e. The zero-order chi connectivity index (χ0) is 14.9. The predicted octanol–water partition coefficient (Wildman–Crippen LogP) is 1.73. The molecule has 2 N–H and O–H groups in total. The number of nitro groups is 1. The summed E-state index contributed by atoms with van der Waals surface area (Å²) in [5.41, 5.74) is 6.54. The van der Waals surface area contributed by atoms with E-state index in [2.05, 4.69) is 10.00 Å². The number of aromatic nitrogens is 2. The van der Waals surface area contributed by atoms with Crippen LogP contribution >= 0.6 is 0 Å². The van der Waals surface area contributed by atoms with Gasteiger partial charge in [0.25, 0.3) is 0 Å². The van der Waals surface area contributed by atoms with Crippen LogP contribution in [0.3, 0.4) is 0 Å². The molecule has 1 saturated carbocycles. The van der Waals surface area contributed by atoms with E-state index in [-0.39, 0.29) is 16.7 Å². The van der Waals surface area contributed by atoms with Gasteiger partial charge >= 0.3 is 5.69 Å². The quantitative estimate of drug-likeness (QED) is 0.670. The van der Waals surface area contributed by atoms with Gasteiger partial charge < -0.3 is 10.6 Å². The Morgan fingerprint density at radius 2 is 2.05 bits per heavy atom. The van der Waals surface area contributed by atoms with E-state index < -0.39 is 0 Å². The fourth-order valence-electron chi connectivity index (χ4n) is 3.16. The molecule has 20 heavy (non-hydrogen) atoms. The number of hydrogen-bond acceptors (Lipinski definition) is 5. The Bertz CT molecular complexity index is 491. The third-order valence-electron chi connectivity index (χ3n) is 4.14. The number of nitrogens with zero attached hydrogens (tertiary/aromatic N) is 4. The van der Waals surface area contributed by atoms with Crippen LogP contribution in [0.4, 0.5) is 11.5 Å². The maximum absolute atomic E-state index is 11.3. The summed E-state index contributed by atoms with van der Waals surface area (Å²) in [6.07, 6.45) is 3.92. The van der Waals surface area contributed by atoms with E-state index in [4.69, 9.17) is 5.73 Å². The molecule has 1 aromatic rings. The lowest BCUT2D eigenvalue weighted by atomic mass is 9.90. The van der Waals surface area contributed by atoms with Crippen molar-refractivity contribution in [2.75, 3.05) is 11.4 Å². The molecule has 0 atom stereocenters. The van der Waals surface area contributed by atoms with Gasteiger partial charge in [-0.15, -0.1) is 0 Å². The van der Waals surface area contributed by atoms with Crippen molar-refractivity contribution in [3.05, 3.63) is 15.8 Å². The minimum atomic E-state index is -0.325. The van der Waals surface area contributed by atoms with E-state index in [9.17, 15) is 10.1 Å². The Morgan fingerprint density at radius 1 is 1.45 bits per heavy atom. The van der Waals surface area contributed by atoms with Crippen molar-refractivity contribution in [1.82, 2.24) is 9.78 Å². The van der Waals surface area contributed by atoms with Crippen LogP contribution in [0, 0.1) is 17.0 Å². The molecule has 0 spiro atoms. The van der Waals surface area contributed by atoms with Crippen LogP contribution in [0.5, 0.6) is 0 Å². The van der Waals surface area contributed by atoms with Gasteiger partial charge in [-0.25, -0.2) is 4.68 Å². The summed E-state index contributed by atoms with van der Waals surface area (Å²) in [4.78, 5) is 13.1. The summed E-state index contributed by atoms with van der Waals surface area (Å²) in [5.74, 6) is 0.621. The smallest absolute Gasteiger partial charge is 0.333 e. The first kappa shape index (κ1) is 14.8. The number of anilines is 1. The van der Waals surface area contributed by atoms with Crippen molar-refractivity contribution in [3.63, 3.8) is 0 Å². The number of aryl methyl sites for hydroxylation is 2. The summed E-state index contributed by atoms with van der Waals surface area (Å²) in [6.45, 7) is 4.45. The molecule has 7 heteroatoms. The zero-order valence-corrected chi connectivity index (χ0v) is 12.4. The van der Waals surface area contributed by atoms with Crippen molar-refractivity contribution in [1.29, 1.82) is 0 Å². The van der Waals surface area contributed by atoms with Crippen molar-refractivity contribution < 1.29 is 4.92 Å². The van der Waals surface area contributed by atoms with Gasteiger partial charge in [0, 0.05) is 25.7 Å². The van der Waals surface area contributed by atoms with Crippen molar-refractivity contribution >= 4 is 11.5 Å². The van der Waals surface area contributed by atoms with Crippen LogP contribution in [0.25, 0.3) is 0 Å². The normalized spacial score (nSPS) is 22.8. The van der Waals surface area contributed by atoms with Gasteiger partial charge in [0.05, 0.1) is 4.92 Å². The molecule has 7 nitrogen and oxygen atoms in total. The number of hydrogen-bond donors (Lipinski definition) is 1. The van der Waals surface area contributed by atoms with E-state index in [1.807, 2.05) is 6.92 Å². The summed E-state index contributed by atoms with van der Waals surface area (Å²) in [6, 6.07) is 0.585. The van der Waals surface area contributed by atoms with Gasteiger partial charge in [0.1, 0.15) is 5.69 Å². The maximum atomic E-state index is 11.3. The van der Waals surface area contributed by atoms with Gasteiger partial charge in [0.15, 0.2) is 0 Å². The van der Waals surface area contributed by atoms with Crippen molar-refractivity contribution in [2.24, 2.45) is 12.8 Å². The Kier molecular flexibility index (Phi) is 4.27. The summed E-state index contributed by atoms with van der Waals surface area (Å²) in [5, 5.41) is 15.5. The lowest BCUT2D eigenvalue weighted by molar-refractivity contribution is -0.384. The van der Waals surface area contributed by atoms with Crippen LogP contribution in [-0.4, -0.2) is 33.3 Å². The van der Waals surface area contributed by atoms with Gasteiger partial charge in [-0.1, -0.05) is 0 Å².